The van der Waals surface area contributed by atoms with Crippen LogP contribution in [0, 0.1) is 11.7 Å². The van der Waals surface area contributed by atoms with Crippen molar-refractivity contribution in [2.24, 2.45) is 5.92 Å². The largest absolute Gasteiger partial charge is 0.454 e. The van der Waals surface area contributed by atoms with Crippen LogP contribution >= 0.6 is 0 Å². The summed E-state index contributed by atoms with van der Waals surface area (Å²) in [6.07, 6.45) is 4.18. The van der Waals surface area contributed by atoms with E-state index in [0.29, 0.717) is 61.6 Å². The van der Waals surface area contributed by atoms with Gasteiger partial charge in [0.1, 0.15) is 11.9 Å². The summed E-state index contributed by atoms with van der Waals surface area (Å²) in [6.45, 7) is 2.43. The van der Waals surface area contributed by atoms with Gasteiger partial charge in [0.05, 0.1) is 0 Å². The number of likely N-dealkylation sites (tertiary alicyclic amines) is 2. The molecule has 3 heterocycles. The van der Waals surface area contributed by atoms with E-state index >= 15 is 0 Å². The molecule has 3 aliphatic rings. The number of piperidine rings is 2. The minimum atomic E-state index is -0.677. The highest BCUT2D eigenvalue weighted by Crippen LogP contribution is 2.33. The standard InChI is InChI=1S/C27H30FN3O5/c28-21-7-4-19(5-8-21)26(33)31-14-10-18(11-15-31)24(27(34)30-12-2-1-3-13-30)29-25(32)20-6-9-22-23(16-20)36-17-35-22/h4-9,16,18,24H,1-3,10-15,17H2,(H,29,32)/t24-/m1/s1. The van der Waals surface area contributed by atoms with Gasteiger partial charge in [0.25, 0.3) is 11.8 Å². The van der Waals surface area contributed by atoms with Gasteiger partial charge < -0.3 is 24.6 Å². The van der Waals surface area contributed by atoms with Gasteiger partial charge in [-0.2, -0.15) is 0 Å². The number of rotatable bonds is 5. The van der Waals surface area contributed by atoms with E-state index in [9.17, 15) is 18.8 Å². The Hall–Kier alpha value is -3.62. The van der Waals surface area contributed by atoms with Crippen LogP contribution in [0.4, 0.5) is 4.39 Å². The lowest BCUT2D eigenvalue weighted by Crippen LogP contribution is -2.55. The van der Waals surface area contributed by atoms with Gasteiger partial charge in [0, 0.05) is 37.3 Å². The van der Waals surface area contributed by atoms with Gasteiger partial charge in [-0.15, -0.1) is 0 Å². The molecule has 3 aliphatic heterocycles. The summed E-state index contributed by atoms with van der Waals surface area (Å²) in [7, 11) is 0. The number of carbonyl (C=O) groups is 3. The van der Waals surface area contributed by atoms with Crippen molar-refractivity contribution in [3.05, 3.63) is 59.4 Å². The number of nitrogens with zero attached hydrogens (tertiary/aromatic N) is 2. The summed E-state index contributed by atoms with van der Waals surface area (Å²) < 4.78 is 24.0. The predicted molar refractivity (Wildman–Crippen MR) is 129 cm³/mol. The molecule has 1 N–H and O–H groups in total. The van der Waals surface area contributed by atoms with Gasteiger partial charge in [-0.25, -0.2) is 4.39 Å². The van der Waals surface area contributed by atoms with E-state index in [-0.39, 0.29) is 36.2 Å². The molecule has 36 heavy (non-hydrogen) atoms. The van der Waals surface area contributed by atoms with Crippen molar-refractivity contribution in [3.8, 4) is 11.5 Å². The van der Waals surface area contributed by atoms with Crippen LogP contribution in [-0.4, -0.2) is 66.5 Å². The lowest BCUT2D eigenvalue weighted by molar-refractivity contribution is -0.136. The third kappa shape index (κ3) is 5.15. The van der Waals surface area contributed by atoms with Crippen molar-refractivity contribution >= 4 is 17.7 Å². The number of carbonyl (C=O) groups excluding carboxylic acids is 3. The zero-order chi connectivity index (χ0) is 25.1. The van der Waals surface area contributed by atoms with Crippen LogP contribution in [0.1, 0.15) is 52.8 Å². The van der Waals surface area contributed by atoms with E-state index in [0.717, 1.165) is 19.3 Å². The van der Waals surface area contributed by atoms with Crippen molar-refractivity contribution < 1.29 is 28.2 Å². The fraction of sp³-hybridized carbons (Fsp3) is 0.444. The van der Waals surface area contributed by atoms with Gasteiger partial charge in [-0.1, -0.05) is 0 Å². The second-order valence-corrected chi connectivity index (χ2v) is 9.54. The normalized spacial score (nSPS) is 18.6. The lowest BCUT2D eigenvalue weighted by Gasteiger charge is -2.38. The fourth-order valence-electron chi connectivity index (χ4n) is 5.17. The van der Waals surface area contributed by atoms with Crippen LogP contribution in [0.2, 0.25) is 0 Å². The van der Waals surface area contributed by atoms with Crippen molar-refractivity contribution in [2.45, 2.75) is 38.1 Å². The van der Waals surface area contributed by atoms with Crippen LogP contribution < -0.4 is 14.8 Å². The van der Waals surface area contributed by atoms with E-state index in [1.165, 1.54) is 24.3 Å². The minimum Gasteiger partial charge on any atom is -0.454 e. The molecule has 5 rings (SSSR count). The number of amides is 3. The first-order chi connectivity index (χ1) is 17.5. The molecule has 9 heteroatoms. The Labute approximate surface area is 209 Å². The van der Waals surface area contributed by atoms with Gasteiger partial charge in [-0.3, -0.25) is 14.4 Å². The van der Waals surface area contributed by atoms with Crippen molar-refractivity contribution in [2.75, 3.05) is 33.0 Å². The minimum absolute atomic E-state index is 0.0629. The molecule has 1 atom stereocenters. The smallest absolute Gasteiger partial charge is 0.253 e. The summed E-state index contributed by atoms with van der Waals surface area (Å²) in [5.74, 6) is 0.0503. The molecule has 0 bridgehead atoms. The number of nitrogens with one attached hydrogen (secondary N) is 1. The molecule has 0 saturated carbocycles. The van der Waals surface area contributed by atoms with Crippen LogP contribution in [0.25, 0.3) is 0 Å². The second kappa shape index (κ2) is 10.6. The zero-order valence-electron chi connectivity index (χ0n) is 20.1. The summed E-state index contributed by atoms with van der Waals surface area (Å²) in [4.78, 5) is 43.2. The Morgan fingerprint density at radius 1 is 0.833 bits per heavy atom. The Morgan fingerprint density at radius 3 is 2.22 bits per heavy atom. The van der Waals surface area contributed by atoms with Crippen LogP contribution in [0.3, 0.4) is 0 Å². The number of benzene rings is 2. The fourth-order valence-corrected chi connectivity index (χ4v) is 5.17. The highest BCUT2D eigenvalue weighted by Gasteiger charge is 2.37. The Bertz CT molecular complexity index is 1120. The first kappa shape index (κ1) is 24.1. The number of halogens is 1. The monoisotopic (exact) mass is 495 g/mol. The first-order valence-electron chi connectivity index (χ1n) is 12.5. The quantitative estimate of drug-likeness (QED) is 0.688. The van der Waals surface area contributed by atoms with E-state index in [2.05, 4.69) is 5.32 Å². The summed E-state index contributed by atoms with van der Waals surface area (Å²) in [6, 6.07) is 9.83. The van der Waals surface area contributed by atoms with Gasteiger partial charge in [0.15, 0.2) is 11.5 Å². The summed E-state index contributed by atoms with van der Waals surface area (Å²) in [5.41, 5.74) is 0.839. The maximum atomic E-state index is 13.6. The zero-order valence-corrected chi connectivity index (χ0v) is 20.1. The summed E-state index contributed by atoms with van der Waals surface area (Å²) in [5, 5.41) is 3.00. The highest BCUT2D eigenvalue weighted by atomic mass is 19.1. The molecule has 0 spiro atoms. The lowest BCUT2D eigenvalue weighted by atomic mass is 9.87. The van der Waals surface area contributed by atoms with E-state index < -0.39 is 6.04 Å². The number of hydrogen-bond donors (Lipinski definition) is 1. The Kier molecular flexibility index (Phi) is 7.06. The molecule has 0 unspecified atom stereocenters. The van der Waals surface area contributed by atoms with Crippen molar-refractivity contribution in [1.29, 1.82) is 0 Å². The van der Waals surface area contributed by atoms with Crippen LogP contribution in [0.15, 0.2) is 42.5 Å². The summed E-state index contributed by atoms with van der Waals surface area (Å²) >= 11 is 0. The van der Waals surface area contributed by atoms with Crippen molar-refractivity contribution in [1.82, 2.24) is 15.1 Å². The van der Waals surface area contributed by atoms with Crippen molar-refractivity contribution in [3.63, 3.8) is 0 Å². The van der Waals surface area contributed by atoms with E-state index in [1.807, 2.05) is 4.90 Å². The molecule has 2 fully saturated rings. The Balaban J connectivity index is 1.29. The van der Waals surface area contributed by atoms with Gasteiger partial charge >= 0.3 is 0 Å². The molecule has 2 aromatic carbocycles. The topological polar surface area (TPSA) is 88.2 Å². The molecule has 2 aromatic rings. The maximum absolute atomic E-state index is 13.6. The molecule has 8 nitrogen and oxygen atoms in total. The number of hydrogen-bond acceptors (Lipinski definition) is 5. The molecule has 0 aliphatic carbocycles. The molecular weight excluding hydrogens is 465 g/mol. The number of ether oxygens (including phenoxy) is 2. The van der Waals surface area contributed by atoms with Crippen LogP contribution in [-0.2, 0) is 4.79 Å². The average molecular weight is 496 g/mol. The Morgan fingerprint density at radius 2 is 1.50 bits per heavy atom. The molecule has 2 saturated heterocycles. The average Bonchev–Trinajstić information content (AvgIpc) is 3.40. The molecule has 3 amide bonds. The third-order valence-electron chi connectivity index (χ3n) is 7.24. The molecule has 0 aromatic heterocycles. The van der Waals surface area contributed by atoms with Crippen LogP contribution in [0.5, 0.6) is 11.5 Å². The maximum Gasteiger partial charge on any atom is 0.253 e. The predicted octanol–water partition coefficient (Wildman–Crippen LogP) is 3.22. The van der Waals surface area contributed by atoms with E-state index in [1.54, 1.807) is 23.1 Å². The third-order valence-corrected chi connectivity index (χ3v) is 7.24. The SMILES string of the molecule is O=C(N[C@@H](C(=O)N1CCCCC1)C1CCN(C(=O)c2ccc(F)cc2)CC1)c1ccc2c(c1)OCO2. The van der Waals surface area contributed by atoms with Gasteiger partial charge in [-0.05, 0) is 80.5 Å². The molecular formula is C27H30FN3O5. The van der Waals surface area contributed by atoms with E-state index in [4.69, 9.17) is 9.47 Å². The first-order valence-corrected chi connectivity index (χ1v) is 12.5. The molecule has 190 valence electrons. The van der Waals surface area contributed by atoms with Gasteiger partial charge in [0.2, 0.25) is 12.7 Å². The highest BCUT2D eigenvalue weighted by molar-refractivity contribution is 5.98. The number of fused-ring (bicyclic) bond motifs is 1. The second-order valence-electron chi connectivity index (χ2n) is 9.54. The molecule has 0 radical (unpaired) electrons.